The number of aromatic nitrogens is 2. The van der Waals surface area contributed by atoms with Crippen LogP contribution in [0, 0.1) is 13.8 Å². The van der Waals surface area contributed by atoms with Gasteiger partial charge >= 0.3 is 12.1 Å². The van der Waals surface area contributed by atoms with Crippen molar-refractivity contribution in [3.05, 3.63) is 120 Å². The van der Waals surface area contributed by atoms with E-state index >= 15 is 0 Å². The van der Waals surface area contributed by atoms with Crippen LogP contribution in [-0.4, -0.2) is 22.2 Å². The van der Waals surface area contributed by atoms with E-state index in [0.717, 1.165) is 23.4 Å². The molecule has 0 saturated carbocycles. The molecule has 0 radical (unpaired) electrons. The van der Waals surface area contributed by atoms with Gasteiger partial charge in [0.25, 0.3) is 5.56 Å². The van der Waals surface area contributed by atoms with Crippen molar-refractivity contribution in [2.24, 2.45) is 4.99 Å². The number of hydrogen-bond acceptors (Lipinski definition) is 5. The highest BCUT2D eigenvalue weighted by Gasteiger charge is 2.33. The summed E-state index contributed by atoms with van der Waals surface area (Å²) in [5.74, 6) is -0.566. The Bertz CT molecular complexity index is 1810. The largest absolute Gasteiger partial charge is 0.466 e. The summed E-state index contributed by atoms with van der Waals surface area (Å²) < 4.78 is 48.6. The fourth-order valence-electron chi connectivity index (χ4n) is 4.94. The van der Waals surface area contributed by atoms with E-state index in [4.69, 9.17) is 4.74 Å². The number of esters is 1. The Hall–Kier alpha value is -4.18. The Kier molecular flexibility index (Phi) is 6.67. The summed E-state index contributed by atoms with van der Waals surface area (Å²) in [7, 11) is 1.29. The van der Waals surface area contributed by atoms with Crippen LogP contribution in [-0.2, 0) is 15.7 Å². The molecule has 10 heteroatoms. The normalized spacial score (nSPS) is 15.8. The molecule has 200 valence electrons. The van der Waals surface area contributed by atoms with Crippen LogP contribution in [0.15, 0.2) is 81.7 Å². The van der Waals surface area contributed by atoms with Crippen molar-refractivity contribution in [3.8, 4) is 5.69 Å². The van der Waals surface area contributed by atoms with Crippen molar-refractivity contribution in [3.63, 3.8) is 0 Å². The summed E-state index contributed by atoms with van der Waals surface area (Å²) in [5.41, 5.74) is 2.89. The molecule has 3 heterocycles. The van der Waals surface area contributed by atoms with E-state index in [0.29, 0.717) is 32.0 Å². The second kappa shape index (κ2) is 9.85. The first-order valence-electron chi connectivity index (χ1n) is 12.0. The molecule has 0 spiro atoms. The first kappa shape index (κ1) is 26.4. The van der Waals surface area contributed by atoms with Crippen LogP contribution in [0.4, 0.5) is 13.2 Å². The Morgan fingerprint density at radius 2 is 1.77 bits per heavy atom. The van der Waals surface area contributed by atoms with Crippen LogP contribution in [0.2, 0.25) is 0 Å². The molecule has 2 aromatic carbocycles. The Balaban J connectivity index is 1.67. The lowest BCUT2D eigenvalue weighted by Gasteiger charge is -2.24. The second-order valence-electron chi connectivity index (χ2n) is 9.19. The SMILES string of the molecule is COC(=O)C1=C(C)N=c2sc(=Cc3cc(C)n(-c4cccc(C(F)(F)F)c4)c3C)c(=O)n2C1c1ccccc1. The van der Waals surface area contributed by atoms with Gasteiger partial charge in [0.05, 0.1) is 34.5 Å². The number of fused-ring (bicyclic) bond motifs is 1. The van der Waals surface area contributed by atoms with Gasteiger partial charge in [-0.25, -0.2) is 9.79 Å². The fraction of sp³-hybridized carbons (Fsp3) is 0.207. The number of ether oxygens (including phenoxy) is 1. The smallest absolute Gasteiger partial charge is 0.416 e. The molecule has 2 aromatic heterocycles. The van der Waals surface area contributed by atoms with Gasteiger partial charge in [0.1, 0.15) is 0 Å². The van der Waals surface area contributed by atoms with Crippen molar-refractivity contribution < 1.29 is 22.7 Å². The zero-order valence-electron chi connectivity index (χ0n) is 21.5. The zero-order chi connectivity index (χ0) is 28.1. The highest BCUT2D eigenvalue weighted by Crippen LogP contribution is 2.32. The number of halogens is 3. The molecular weight excluding hydrogens is 527 g/mol. The van der Waals surface area contributed by atoms with Crippen LogP contribution in [0.25, 0.3) is 11.8 Å². The minimum atomic E-state index is -4.46. The first-order valence-corrected chi connectivity index (χ1v) is 12.8. The molecule has 0 amide bonds. The molecule has 0 N–H and O–H groups in total. The molecule has 39 heavy (non-hydrogen) atoms. The molecule has 0 aliphatic carbocycles. The van der Waals surface area contributed by atoms with Gasteiger partial charge in [0.15, 0.2) is 4.80 Å². The third kappa shape index (κ3) is 4.65. The van der Waals surface area contributed by atoms with Gasteiger partial charge in [-0.3, -0.25) is 9.36 Å². The summed E-state index contributed by atoms with van der Waals surface area (Å²) in [6.45, 7) is 5.30. The van der Waals surface area contributed by atoms with Crippen LogP contribution in [0.3, 0.4) is 0 Å². The monoisotopic (exact) mass is 551 g/mol. The lowest BCUT2D eigenvalue weighted by Crippen LogP contribution is -2.39. The van der Waals surface area contributed by atoms with Gasteiger partial charge in [-0.05, 0) is 62.2 Å². The van der Waals surface area contributed by atoms with Crippen molar-refractivity contribution in [2.45, 2.75) is 33.0 Å². The van der Waals surface area contributed by atoms with Gasteiger partial charge < -0.3 is 9.30 Å². The van der Waals surface area contributed by atoms with E-state index in [1.54, 1.807) is 37.5 Å². The maximum atomic E-state index is 13.8. The molecular formula is C29H24F3N3O3S. The third-order valence-electron chi connectivity index (χ3n) is 6.73. The number of benzene rings is 2. The minimum Gasteiger partial charge on any atom is -0.466 e. The lowest BCUT2D eigenvalue weighted by atomic mass is 9.96. The van der Waals surface area contributed by atoms with Crippen LogP contribution in [0.1, 0.15) is 41.0 Å². The second-order valence-corrected chi connectivity index (χ2v) is 10.2. The zero-order valence-corrected chi connectivity index (χ0v) is 22.4. The van der Waals surface area contributed by atoms with Gasteiger partial charge in [-0.2, -0.15) is 13.2 Å². The maximum Gasteiger partial charge on any atom is 0.416 e. The van der Waals surface area contributed by atoms with Crippen molar-refractivity contribution in [2.75, 3.05) is 7.11 Å². The van der Waals surface area contributed by atoms with E-state index in [-0.39, 0.29) is 11.1 Å². The maximum absolute atomic E-state index is 13.8. The average molecular weight is 552 g/mol. The molecule has 6 nitrogen and oxygen atoms in total. The Morgan fingerprint density at radius 1 is 1.05 bits per heavy atom. The fourth-order valence-corrected chi connectivity index (χ4v) is 5.97. The molecule has 0 fully saturated rings. The number of alkyl halides is 3. The van der Waals surface area contributed by atoms with Crippen LogP contribution < -0.4 is 14.9 Å². The summed E-state index contributed by atoms with van der Waals surface area (Å²) >= 11 is 1.19. The number of carbonyl (C=O) groups is 1. The van der Waals surface area contributed by atoms with Gasteiger partial charge in [0, 0.05) is 17.1 Å². The lowest BCUT2D eigenvalue weighted by molar-refractivity contribution is -0.138. The first-order chi connectivity index (χ1) is 18.5. The van der Waals surface area contributed by atoms with E-state index in [1.807, 2.05) is 36.4 Å². The van der Waals surface area contributed by atoms with Crippen molar-refractivity contribution >= 4 is 23.4 Å². The Labute approximate surface area is 225 Å². The summed E-state index contributed by atoms with van der Waals surface area (Å²) in [4.78, 5) is 31.5. The molecule has 1 atom stereocenters. The van der Waals surface area contributed by atoms with Crippen molar-refractivity contribution in [1.82, 2.24) is 9.13 Å². The molecule has 5 rings (SSSR count). The summed E-state index contributed by atoms with van der Waals surface area (Å²) in [6, 6.07) is 15.4. The van der Waals surface area contributed by atoms with E-state index in [1.165, 1.54) is 29.1 Å². The number of methoxy groups -OCH3 is 1. The van der Waals surface area contributed by atoms with E-state index in [2.05, 4.69) is 4.99 Å². The molecule has 1 unspecified atom stereocenters. The minimum absolute atomic E-state index is 0.283. The van der Waals surface area contributed by atoms with Crippen LogP contribution >= 0.6 is 11.3 Å². The van der Waals surface area contributed by atoms with Gasteiger partial charge in [-0.15, -0.1) is 0 Å². The number of carbonyl (C=O) groups excluding carboxylic acids is 1. The summed E-state index contributed by atoms with van der Waals surface area (Å²) in [6.07, 6.45) is -2.74. The quantitative estimate of drug-likeness (QED) is 0.341. The number of aryl methyl sites for hydroxylation is 1. The number of thiazole rings is 1. The molecule has 0 bridgehead atoms. The molecule has 0 saturated heterocycles. The average Bonchev–Trinajstić information content (AvgIpc) is 3.36. The predicted molar refractivity (Wildman–Crippen MR) is 142 cm³/mol. The Morgan fingerprint density at radius 3 is 2.44 bits per heavy atom. The molecule has 1 aliphatic heterocycles. The molecule has 1 aliphatic rings. The van der Waals surface area contributed by atoms with E-state index in [9.17, 15) is 22.8 Å². The highest BCUT2D eigenvalue weighted by molar-refractivity contribution is 7.07. The number of rotatable bonds is 4. The topological polar surface area (TPSA) is 65.6 Å². The highest BCUT2D eigenvalue weighted by atomic mass is 32.1. The number of hydrogen-bond donors (Lipinski definition) is 0. The number of nitrogens with zero attached hydrogens (tertiary/aromatic N) is 3. The standard InChI is InChI=1S/C29H24F3N3O3S/c1-16-13-20(18(3)34(16)22-12-8-11-21(15-22)29(30,31)32)14-23-26(36)35-25(19-9-6-5-7-10-19)24(27(37)38-4)17(2)33-28(35)39-23/h5-15,25H,1-4H3. The predicted octanol–water partition coefficient (Wildman–Crippen LogP) is 4.83. The van der Waals surface area contributed by atoms with E-state index < -0.39 is 23.8 Å². The van der Waals surface area contributed by atoms with Crippen LogP contribution in [0.5, 0.6) is 0 Å². The third-order valence-corrected chi connectivity index (χ3v) is 7.71. The summed E-state index contributed by atoms with van der Waals surface area (Å²) in [5, 5.41) is 0. The van der Waals surface area contributed by atoms with Gasteiger partial charge in [0.2, 0.25) is 0 Å². The number of allylic oxidation sites excluding steroid dienone is 1. The van der Waals surface area contributed by atoms with Crippen molar-refractivity contribution in [1.29, 1.82) is 0 Å². The molecule has 4 aromatic rings. The van der Waals surface area contributed by atoms with Gasteiger partial charge in [-0.1, -0.05) is 47.7 Å².